The summed E-state index contributed by atoms with van der Waals surface area (Å²) in [4.78, 5) is 27.8. The molecular formula is C20H28N6O3S. The van der Waals surface area contributed by atoms with E-state index in [1.165, 1.54) is 16.8 Å². The summed E-state index contributed by atoms with van der Waals surface area (Å²) in [6.45, 7) is 3.72. The smallest absolute Gasteiger partial charge is 0.262 e. The van der Waals surface area contributed by atoms with Crippen LogP contribution in [0.5, 0.6) is 0 Å². The number of aromatic nitrogens is 4. The van der Waals surface area contributed by atoms with Gasteiger partial charge in [0.2, 0.25) is 0 Å². The maximum Gasteiger partial charge on any atom is 0.262 e. The van der Waals surface area contributed by atoms with Crippen LogP contribution in [0.4, 0.5) is 0 Å². The number of sulfonamides is 1. The zero-order valence-corrected chi connectivity index (χ0v) is 18.3. The molecule has 0 saturated carbocycles. The highest BCUT2D eigenvalue weighted by Gasteiger charge is 2.37. The van der Waals surface area contributed by atoms with Gasteiger partial charge in [-0.1, -0.05) is 6.42 Å². The lowest BCUT2D eigenvalue weighted by atomic mass is 10.0. The SMILES string of the molecule is Cc1nc([C@H]2CCCCN2S(=O)(=O)c2cn(C)cn2)ncc1C(=O)N1CCCCC1. The van der Waals surface area contributed by atoms with E-state index in [0.717, 1.165) is 45.2 Å². The first-order valence-electron chi connectivity index (χ1n) is 10.5. The standard InChI is InChI=1S/C20H28N6O3S/c1-15-16(20(27)25-9-5-3-6-10-25)12-21-19(23-15)17-8-4-7-11-26(17)30(28,29)18-13-24(2)14-22-18/h12-14,17H,3-11H2,1-2H3/t17-/m1/s1. The molecule has 0 N–H and O–H groups in total. The van der Waals surface area contributed by atoms with E-state index in [1.807, 2.05) is 4.90 Å². The number of imidazole rings is 1. The van der Waals surface area contributed by atoms with E-state index >= 15 is 0 Å². The average Bonchev–Trinajstić information content (AvgIpc) is 3.21. The Morgan fingerprint density at radius 2 is 1.80 bits per heavy atom. The summed E-state index contributed by atoms with van der Waals surface area (Å²) in [6, 6.07) is -0.455. The molecule has 162 valence electrons. The van der Waals surface area contributed by atoms with Crippen LogP contribution in [0.1, 0.15) is 66.4 Å². The first-order valence-corrected chi connectivity index (χ1v) is 11.9. The zero-order valence-electron chi connectivity index (χ0n) is 17.5. The van der Waals surface area contributed by atoms with Gasteiger partial charge in [-0.05, 0) is 39.0 Å². The fraction of sp³-hybridized carbons (Fsp3) is 0.600. The minimum absolute atomic E-state index is 0.0329. The molecule has 1 atom stereocenters. The number of rotatable bonds is 4. The molecule has 0 bridgehead atoms. The van der Waals surface area contributed by atoms with Gasteiger partial charge in [0.25, 0.3) is 15.9 Å². The van der Waals surface area contributed by atoms with Gasteiger partial charge in [-0.15, -0.1) is 0 Å². The summed E-state index contributed by atoms with van der Waals surface area (Å²) < 4.78 is 29.4. The maximum absolute atomic E-state index is 13.2. The lowest BCUT2D eigenvalue weighted by Crippen LogP contribution is -2.40. The summed E-state index contributed by atoms with van der Waals surface area (Å²) in [6.07, 6.45) is 10.1. The first kappa shape index (κ1) is 20.9. The molecule has 0 radical (unpaired) electrons. The highest BCUT2D eigenvalue weighted by molar-refractivity contribution is 7.89. The van der Waals surface area contributed by atoms with E-state index in [9.17, 15) is 13.2 Å². The molecule has 0 spiro atoms. The van der Waals surface area contributed by atoms with Gasteiger partial charge in [-0.3, -0.25) is 4.79 Å². The number of piperidine rings is 2. The van der Waals surface area contributed by atoms with E-state index in [-0.39, 0.29) is 10.9 Å². The molecule has 2 fully saturated rings. The number of aryl methyl sites for hydroxylation is 2. The number of amides is 1. The topological polar surface area (TPSA) is 101 Å². The molecule has 0 aliphatic carbocycles. The van der Waals surface area contributed by atoms with E-state index in [0.29, 0.717) is 30.0 Å². The predicted molar refractivity (Wildman–Crippen MR) is 110 cm³/mol. The van der Waals surface area contributed by atoms with E-state index in [4.69, 9.17) is 0 Å². The molecule has 0 aromatic carbocycles. The Bertz CT molecular complexity index is 1030. The third-order valence-electron chi connectivity index (χ3n) is 5.88. The fourth-order valence-corrected chi connectivity index (χ4v) is 5.84. The molecule has 2 saturated heterocycles. The van der Waals surface area contributed by atoms with Crippen molar-refractivity contribution in [3.8, 4) is 0 Å². The van der Waals surface area contributed by atoms with Gasteiger partial charge in [-0.2, -0.15) is 4.31 Å². The van der Waals surface area contributed by atoms with Gasteiger partial charge in [0, 0.05) is 39.1 Å². The van der Waals surface area contributed by atoms with Gasteiger partial charge in [0.05, 0.1) is 23.6 Å². The van der Waals surface area contributed by atoms with E-state index in [1.54, 1.807) is 24.7 Å². The molecule has 10 heteroatoms. The van der Waals surface area contributed by atoms with Crippen LogP contribution >= 0.6 is 0 Å². The van der Waals surface area contributed by atoms with Crippen LogP contribution in [0, 0.1) is 6.92 Å². The second kappa shape index (κ2) is 8.43. The van der Waals surface area contributed by atoms with Crippen molar-refractivity contribution >= 4 is 15.9 Å². The Kier molecular flexibility index (Phi) is 5.88. The third kappa shape index (κ3) is 3.98. The van der Waals surface area contributed by atoms with Crippen LogP contribution in [-0.2, 0) is 17.1 Å². The summed E-state index contributed by atoms with van der Waals surface area (Å²) in [7, 11) is -2.01. The summed E-state index contributed by atoms with van der Waals surface area (Å²) in [5.74, 6) is 0.405. The molecule has 1 amide bonds. The number of likely N-dealkylation sites (tertiary alicyclic amines) is 1. The Balaban J connectivity index is 1.61. The van der Waals surface area contributed by atoms with Crippen LogP contribution < -0.4 is 0 Å². The average molecular weight is 433 g/mol. The molecule has 9 nitrogen and oxygen atoms in total. The second-order valence-electron chi connectivity index (χ2n) is 8.08. The largest absolute Gasteiger partial charge is 0.339 e. The molecule has 0 unspecified atom stereocenters. The molecule has 2 aliphatic rings. The Hall–Kier alpha value is -2.33. The van der Waals surface area contributed by atoms with Gasteiger partial charge in [0.1, 0.15) is 5.82 Å². The van der Waals surface area contributed by atoms with Crippen molar-refractivity contribution in [2.75, 3.05) is 19.6 Å². The van der Waals surface area contributed by atoms with E-state index < -0.39 is 16.1 Å². The van der Waals surface area contributed by atoms with Gasteiger partial charge < -0.3 is 9.47 Å². The molecular weight excluding hydrogens is 404 g/mol. The summed E-state index contributed by atoms with van der Waals surface area (Å²) >= 11 is 0. The van der Waals surface area contributed by atoms with Gasteiger partial charge >= 0.3 is 0 Å². The van der Waals surface area contributed by atoms with Crippen molar-refractivity contribution < 1.29 is 13.2 Å². The summed E-state index contributed by atoms with van der Waals surface area (Å²) in [5.41, 5.74) is 1.09. The highest BCUT2D eigenvalue weighted by Crippen LogP contribution is 2.33. The summed E-state index contributed by atoms with van der Waals surface area (Å²) in [5, 5.41) is 0.0329. The second-order valence-corrected chi connectivity index (χ2v) is 9.92. The number of hydrogen-bond donors (Lipinski definition) is 0. The third-order valence-corrected chi connectivity index (χ3v) is 7.67. The predicted octanol–water partition coefficient (Wildman–Crippen LogP) is 2.06. The molecule has 2 aliphatic heterocycles. The minimum atomic E-state index is -3.75. The van der Waals surface area contributed by atoms with Crippen LogP contribution in [0.3, 0.4) is 0 Å². The molecule has 4 heterocycles. The van der Waals surface area contributed by atoms with Crippen molar-refractivity contribution in [2.24, 2.45) is 7.05 Å². The fourth-order valence-electron chi connectivity index (χ4n) is 4.22. The van der Waals surface area contributed by atoms with Crippen molar-refractivity contribution in [1.29, 1.82) is 0 Å². The lowest BCUT2D eigenvalue weighted by molar-refractivity contribution is 0.0722. The molecule has 2 aromatic rings. The molecule has 2 aromatic heterocycles. The van der Waals surface area contributed by atoms with Crippen molar-refractivity contribution in [1.82, 2.24) is 28.7 Å². The van der Waals surface area contributed by atoms with Gasteiger partial charge in [0.15, 0.2) is 5.03 Å². The van der Waals surface area contributed by atoms with Crippen LogP contribution in [-0.4, -0.2) is 62.7 Å². The number of carbonyl (C=O) groups is 1. The number of nitrogens with zero attached hydrogens (tertiary/aromatic N) is 6. The quantitative estimate of drug-likeness (QED) is 0.733. The van der Waals surface area contributed by atoms with Crippen LogP contribution in [0.25, 0.3) is 0 Å². The van der Waals surface area contributed by atoms with Crippen molar-refractivity contribution in [3.63, 3.8) is 0 Å². The lowest BCUT2D eigenvalue weighted by Gasteiger charge is -2.33. The van der Waals surface area contributed by atoms with Crippen LogP contribution in [0.15, 0.2) is 23.7 Å². The van der Waals surface area contributed by atoms with Crippen molar-refractivity contribution in [2.45, 2.75) is 56.5 Å². The van der Waals surface area contributed by atoms with Gasteiger partial charge in [-0.25, -0.2) is 23.4 Å². The number of hydrogen-bond acceptors (Lipinski definition) is 6. The monoisotopic (exact) mass is 432 g/mol. The highest BCUT2D eigenvalue weighted by atomic mass is 32.2. The Morgan fingerprint density at radius 3 is 2.47 bits per heavy atom. The Morgan fingerprint density at radius 1 is 1.07 bits per heavy atom. The van der Waals surface area contributed by atoms with Crippen LogP contribution in [0.2, 0.25) is 0 Å². The molecule has 30 heavy (non-hydrogen) atoms. The Labute approximate surface area is 177 Å². The maximum atomic E-state index is 13.2. The number of carbonyl (C=O) groups excluding carboxylic acids is 1. The first-order chi connectivity index (χ1) is 14.4. The minimum Gasteiger partial charge on any atom is -0.339 e. The zero-order chi connectivity index (χ0) is 21.3. The van der Waals surface area contributed by atoms with E-state index in [2.05, 4.69) is 15.0 Å². The normalized spacial score (nSPS) is 21.0. The molecule has 4 rings (SSSR count). The van der Waals surface area contributed by atoms with Crippen molar-refractivity contribution in [3.05, 3.63) is 35.8 Å².